The monoisotopic (exact) mass is 543 g/mol. The summed E-state index contributed by atoms with van der Waals surface area (Å²) in [7, 11) is 0. The fourth-order valence-corrected chi connectivity index (χ4v) is 4.00. The van der Waals surface area contributed by atoms with Gasteiger partial charge in [-0.15, -0.1) is 35.3 Å². The number of benzene rings is 1. The summed E-state index contributed by atoms with van der Waals surface area (Å²) in [6.07, 6.45) is 0.847. The Kier molecular flexibility index (Phi) is 10.2. The van der Waals surface area contributed by atoms with E-state index in [2.05, 4.69) is 39.6 Å². The third-order valence-electron chi connectivity index (χ3n) is 4.70. The van der Waals surface area contributed by atoms with Gasteiger partial charge < -0.3 is 25.6 Å². The standard InChI is InChI=1S/C21H29N5O2S.HI/c1-2-23-21(26-13-11-25(12-14-26)20-4-3-15-29-20)24-10-9-17-5-7-18(8-6-17)28-16-19(22)27;/h3-8,15H,2,9-14,16H2,1H3,(H2,22,27)(H,23,24);1H. The smallest absolute Gasteiger partial charge is 0.255 e. The number of ether oxygens (including phenoxy) is 1. The van der Waals surface area contributed by atoms with Crippen molar-refractivity contribution >= 4 is 52.2 Å². The summed E-state index contributed by atoms with van der Waals surface area (Å²) in [5, 5.41) is 6.89. The molecule has 1 aliphatic rings. The summed E-state index contributed by atoms with van der Waals surface area (Å²) in [5.74, 6) is 1.16. The second-order valence-electron chi connectivity index (χ2n) is 6.81. The molecular weight excluding hydrogens is 513 g/mol. The van der Waals surface area contributed by atoms with E-state index >= 15 is 0 Å². The van der Waals surface area contributed by atoms with E-state index < -0.39 is 5.91 Å². The van der Waals surface area contributed by atoms with Crippen molar-refractivity contribution in [2.24, 2.45) is 10.7 Å². The molecule has 1 amide bonds. The van der Waals surface area contributed by atoms with Crippen LogP contribution in [0.15, 0.2) is 46.8 Å². The van der Waals surface area contributed by atoms with Crippen molar-refractivity contribution in [2.75, 3.05) is 50.8 Å². The van der Waals surface area contributed by atoms with Crippen LogP contribution in [0.2, 0.25) is 0 Å². The normalized spacial score (nSPS) is 14.2. The minimum Gasteiger partial charge on any atom is -0.484 e. The van der Waals surface area contributed by atoms with Crippen LogP contribution in [0.5, 0.6) is 5.75 Å². The second kappa shape index (κ2) is 12.6. The fraction of sp³-hybridized carbons (Fsp3) is 0.429. The number of rotatable bonds is 8. The lowest BCUT2D eigenvalue weighted by molar-refractivity contribution is -0.119. The molecule has 1 fully saturated rings. The van der Waals surface area contributed by atoms with Gasteiger partial charge in [0.05, 0.1) is 5.00 Å². The lowest BCUT2D eigenvalue weighted by Crippen LogP contribution is -2.52. The molecular formula is C21H30IN5O2S. The molecule has 30 heavy (non-hydrogen) atoms. The summed E-state index contributed by atoms with van der Waals surface area (Å²) >= 11 is 1.80. The van der Waals surface area contributed by atoms with Gasteiger partial charge in [-0.2, -0.15) is 0 Å². The van der Waals surface area contributed by atoms with Crippen LogP contribution in [0.25, 0.3) is 0 Å². The maximum Gasteiger partial charge on any atom is 0.255 e. The second-order valence-corrected chi connectivity index (χ2v) is 7.74. The minimum absolute atomic E-state index is 0. The van der Waals surface area contributed by atoms with Crippen LogP contribution >= 0.6 is 35.3 Å². The average molecular weight is 543 g/mol. The molecule has 0 spiro atoms. The van der Waals surface area contributed by atoms with Crippen molar-refractivity contribution in [3.63, 3.8) is 0 Å². The lowest BCUT2D eigenvalue weighted by Gasteiger charge is -2.37. The number of aliphatic imine (C=N–C) groups is 1. The van der Waals surface area contributed by atoms with Gasteiger partial charge in [-0.1, -0.05) is 12.1 Å². The van der Waals surface area contributed by atoms with Crippen LogP contribution in [0.1, 0.15) is 12.5 Å². The summed E-state index contributed by atoms with van der Waals surface area (Å²) in [5.41, 5.74) is 6.27. The van der Waals surface area contributed by atoms with E-state index in [0.29, 0.717) is 5.75 Å². The number of nitrogens with two attached hydrogens (primary N) is 1. The average Bonchev–Trinajstić information content (AvgIpc) is 3.27. The Labute approximate surface area is 199 Å². The molecule has 0 atom stereocenters. The molecule has 3 rings (SSSR count). The Hall–Kier alpha value is -2.01. The number of anilines is 1. The first kappa shape index (κ1) is 24.3. The summed E-state index contributed by atoms with van der Waals surface area (Å²) in [6, 6.07) is 12.0. The Morgan fingerprint density at radius 2 is 1.93 bits per heavy atom. The molecule has 2 aromatic rings. The van der Waals surface area contributed by atoms with Crippen LogP contribution < -0.4 is 20.7 Å². The number of hydrogen-bond acceptors (Lipinski definition) is 5. The lowest BCUT2D eigenvalue weighted by atomic mass is 10.1. The highest BCUT2D eigenvalue weighted by Crippen LogP contribution is 2.22. The van der Waals surface area contributed by atoms with Gasteiger partial charge in [0.1, 0.15) is 5.75 Å². The largest absolute Gasteiger partial charge is 0.484 e. The zero-order valence-electron chi connectivity index (χ0n) is 17.3. The molecule has 1 aromatic heterocycles. The molecule has 3 N–H and O–H groups in total. The Morgan fingerprint density at radius 1 is 1.20 bits per heavy atom. The SMILES string of the molecule is CCNC(=NCCc1ccc(OCC(N)=O)cc1)N1CCN(c2cccs2)CC1.I. The number of primary amides is 1. The van der Waals surface area contributed by atoms with Crippen LogP contribution in [-0.4, -0.2) is 62.6 Å². The molecule has 1 saturated heterocycles. The first-order valence-electron chi connectivity index (χ1n) is 9.97. The van der Waals surface area contributed by atoms with Crippen LogP contribution in [0, 0.1) is 0 Å². The van der Waals surface area contributed by atoms with Crippen molar-refractivity contribution in [2.45, 2.75) is 13.3 Å². The molecule has 9 heteroatoms. The third-order valence-corrected chi connectivity index (χ3v) is 5.63. The molecule has 0 saturated carbocycles. The highest BCUT2D eigenvalue weighted by molar-refractivity contribution is 14.0. The van der Waals surface area contributed by atoms with Crippen molar-refractivity contribution in [3.05, 3.63) is 47.3 Å². The predicted molar refractivity (Wildman–Crippen MR) is 134 cm³/mol. The first-order valence-corrected chi connectivity index (χ1v) is 10.9. The van der Waals surface area contributed by atoms with E-state index in [9.17, 15) is 4.79 Å². The van der Waals surface area contributed by atoms with Gasteiger partial charge >= 0.3 is 0 Å². The number of thiophene rings is 1. The van der Waals surface area contributed by atoms with Gasteiger partial charge in [-0.25, -0.2) is 0 Å². The molecule has 1 aromatic carbocycles. The molecule has 7 nitrogen and oxygen atoms in total. The Morgan fingerprint density at radius 3 is 2.53 bits per heavy atom. The number of nitrogens with zero attached hydrogens (tertiary/aromatic N) is 3. The predicted octanol–water partition coefficient (Wildman–Crippen LogP) is 2.56. The summed E-state index contributed by atoms with van der Waals surface area (Å²) in [6.45, 7) is 7.53. The maximum atomic E-state index is 10.8. The third kappa shape index (κ3) is 7.35. The molecule has 0 aliphatic carbocycles. The number of piperazine rings is 1. The number of amides is 1. The maximum absolute atomic E-state index is 10.8. The Balaban J connectivity index is 0.00000320. The molecule has 2 heterocycles. The highest BCUT2D eigenvalue weighted by Gasteiger charge is 2.20. The molecule has 0 bridgehead atoms. The van der Waals surface area contributed by atoms with E-state index in [1.54, 1.807) is 11.3 Å². The number of carbonyl (C=O) groups excluding carboxylic acids is 1. The topological polar surface area (TPSA) is 83.2 Å². The van der Waals surface area contributed by atoms with Crippen molar-refractivity contribution in [1.82, 2.24) is 10.2 Å². The number of hydrogen-bond donors (Lipinski definition) is 2. The van der Waals surface area contributed by atoms with Crippen LogP contribution in [-0.2, 0) is 11.2 Å². The summed E-state index contributed by atoms with van der Waals surface area (Å²) < 4.78 is 5.29. The minimum atomic E-state index is -0.476. The molecule has 164 valence electrons. The molecule has 0 unspecified atom stereocenters. The fourth-order valence-electron chi connectivity index (χ4n) is 3.21. The van der Waals surface area contributed by atoms with Crippen LogP contribution in [0.4, 0.5) is 5.00 Å². The van der Waals surface area contributed by atoms with E-state index in [-0.39, 0.29) is 30.6 Å². The Bertz CT molecular complexity index is 790. The van der Waals surface area contributed by atoms with Crippen LogP contribution in [0.3, 0.4) is 0 Å². The summed E-state index contributed by atoms with van der Waals surface area (Å²) in [4.78, 5) is 20.4. The number of guanidine groups is 1. The number of halogens is 1. The zero-order chi connectivity index (χ0) is 20.5. The van der Waals surface area contributed by atoms with E-state index in [1.807, 2.05) is 24.3 Å². The van der Waals surface area contributed by atoms with E-state index in [0.717, 1.165) is 51.6 Å². The first-order chi connectivity index (χ1) is 14.2. The number of nitrogens with one attached hydrogen (secondary N) is 1. The van der Waals surface area contributed by atoms with Crippen molar-refractivity contribution < 1.29 is 9.53 Å². The highest BCUT2D eigenvalue weighted by atomic mass is 127. The van der Waals surface area contributed by atoms with Gasteiger partial charge in [0, 0.05) is 39.3 Å². The van der Waals surface area contributed by atoms with Gasteiger partial charge in [-0.3, -0.25) is 9.79 Å². The molecule has 0 radical (unpaired) electrons. The number of carbonyl (C=O) groups is 1. The quantitative estimate of drug-likeness (QED) is 0.304. The van der Waals surface area contributed by atoms with Crippen molar-refractivity contribution in [1.29, 1.82) is 0 Å². The van der Waals surface area contributed by atoms with Gasteiger partial charge in [0.2, 0.25) is 0 Å². The van der Waals surface area contributed by atoms with Crippen molar-refractivity contribution in [3.8, 4) is 5.75 Å². The van der Waals surface area contributed by atoms with Gasteiger partial charge in [0.15, 0.2) is 12.6 Å². The van der Waals surface area contributed by atoms with E-state index in [1.165, 1.54) is 10.6 Å². The van der Waals surface area contributed by atoms with Gasteiger partial charge in [-0.05, 0) is 48.6 Å². The zero-order valence-corrected chi connectivity index (χ0v) is 20.4. The molecule has 1 aliphatic heterocycles. The van der Waals surface area contributed by atoms with Gasteiger partial charge in [0.25, 0.3) is 5.91 Å². The van der Waals surface area contributed by atoms with E-state index in [4.69, 9.17) is 15.5 Å².